The molecular formula is C17H20N4O2S. The van der Waals surface area contributed by atoms with Gasteiger partial charge in [0.2, 0.25) is 0 Å². The minimum atomic E-state index is -0.255. The van der Waals surface area contributed by atoms with E-state index >= 15 is 0 Å². The van der Waals surface area contributed by atoms with Crippen LogP contribution in [0, 0.1) is 0 Å². The molecular weight excluding hydrogens is 324 g/mol. The monoisotopic (exact) mass is 344 g/mol. The lowest BCUT2D eigenvalue weighted by Gasteiger charge is -2.13. The normalized spacial score (nSPS) is 13.2. The van der Waals surface area contributed by atoms with Crippen molar-refractivity contribution in [2.75, 3.05) is 18.4 Å². The maximum Gasteiger partial charge on any atom is 0.257 e. The Morgan fingerprint density at radius 1 is 1.25 bits per heavy atom. The van der Waals surface area contributed by atoms with Gasteiger partial charge in [-0.3, -0.25) is 14.6 Å². The molecule has 2 heterocycles. The summed E-state index contributed by atoms with van der Waals surface area (Å²) in [7, 11) is 0. The molecule has 0 aliphatic heterocycles. The number of rotatable bonds is 5. The van der Waals surface area contributed by atoms with Gasteiger partial charge < -0.3 is 16.4 Å². The van der Waals surface area contributed by atoms with E-state index in [-0.39, 0.29) is 11.8 Å². The molecule has 0 bridgehead atoms. The van der Waals surface area contributed by atoms with Crippen molar-refractivity contribution in [1.82, 2.24) is 10.3 Å². The predicted molar refractivity (Wildman–Crippen MR) is 94.5 cm³/mol. The van der Waals surface area contributed by atoms with Crippen LogP contribution in [0.2, 0.25) is 0 Å². The van der Waals surface area contributed by atoms with Gasteiger partial charge in [-0.05, 0) is 43.4 Å². The number of thiophene rings is 1. The molecule has 2 aromatic rings. The number of nitrogens with one attached hydrogen (secondary N) is 2. The Bertz CT molecular complexity index is 743. The summed E-state index contributed by atoms with van der Waals surface area (Å²) in [5.74, 6) is -0.420. The topological polar surface area (TPSA) is 97.1 Å². The van der Waals surface area contributed by atoms with Crippen LogP contribution in [0.1, 0.15) is 44.0 Å². The zero-order chi connectivity index (χ0) is 16.9. The van der Waals surface area contributed by atoms with Gasteiger partial charge in [-0.1, -0.05) is 0 Å². The van der Waals surface area contributed by atoms with Gasteiger partial charge in [0.1, 0.15) is 5.00 Å². The number of nitrogens with two attached hydrogens (primary N) is 1. The van der Waals surface area contributed by atoms with Gasteiger partial charge in [0.25, 0.3) is 11.8 Å². The number of hydrogen-bond acceptors (Lipinski definition) is 5. The van der Waals surface area contributed by atoms with Gasteiger partial charge in [-0.2, -0.15) is 0 Å². The second-order valence-corrected chi connectivity index (χ2v) is 6.76. The Morgan fingerprint density at radius 2 is 2.08 bits per heavy atom. The van der Waals surface area contributed by atoms with Crippen LogP contribution in [0.4, 0.5) is 5.00 Å². The number of anilines is 1. The molecule has 0 fully saturated rings. The number of pyridine rings is 1. The second-order valence-electron chi connectivity index (χ2n) is 5.66. The van der Waals surface area contributed by atoms with Crippen molar-refractivity contribution in [2.24, 2.45) is 5.73 Å². The summed E-state index contributed by atoms with van der Waals surface area (Å²) in [5.41, 5.74) is 7.61. The van der Waals surface area contributed by atoms with E-state index in [1.165, 1.54) is 22.4 Å². The highest BCUT2D eigenvalue weighted by atomic mass is 32.1. The highest BCUT2D eigenvalue weighted by Crippen LogP contribution is 2.38. The van der Waals surface area contributed by atoms with E-state index in [1.54, 1.807) is 18.3 Å². The summed E-state index contributed by atoms with van der Waals surface area (Å²) < 4.78 is 0. The van der Waals surface area contributed by atoms with Gasteiger partial charge in [-0.25, -0.2) is 0 Å². The highest BCUT2D eigenvalue weighted by Gasteiger charge is 2.26. The lowest BCUT2D eigenvalue weighted by Crippen LogP contribution is -2.30. The number of fused-ring (bicyclic) bond motifs is 1. The maximum absolute atomic E-state index is 12.6. The maximum atomic E-state index is 12.6. The Morgan fingerprint density at radius 3 is 2.83 bits per heavy atom. The molecule has 7 heteroatoms. The van der Waals surface area contributed by atoms with Gasteiger partial charge >= 0.3 is 0 Å². The largest absolute Gasteiger partial charge is 0.351 e. The Hall–Kier alpha value is -2.25. The fraction of sp³-hybridized carbons (Fsp3) is 0.353. The molecule has 6 nitrogen and oxygen atoms in total. The van der Waals surface area contributed by atoms with E-state index in [9.17, 15) is 9.59 Å². The molecule has 0 aromatic carbocycles. The van der Waals surface area contributed by atoms with Crippen LogP contribution in [0.15, 0.2) is 24.5 Å². The van der Waals surface area contributed by atoms with E-state index in [0.29, 0.717) is 29.2 Å². The number of aryl methyl sites for hydroxylation is 1. The van der Waals surface area contributed by atoms with E-state index in [1.807, 2.05) is 0 Å². The molecule has 0 spiro atoms. The Labute approximate surface area is 144 Å². The molecule has 126 valence electrons. The summed E-state index contributed by atoms with van der Waals surface area (Å²) in [6.45, 7) is 0.800. The van der Waals surface area contributed by atoms with Crippen LogP contribution in [0.5, 0.6) is 0 Å². The molecule has 2 aromatic heterocycles. The molecule has 0 unspecified atom stereocenters. The van der Waals surface area contributed by atoms with Crippen molar-refractivity contribution in [3.8, 4) is 0 Å². The van der Waals surface area contributed by atoms with Crippen molar-refractivity contribution >= 4 is 28.2 Å². The molecule has 1 aliphatic carbocycles. The SMILES string of the molecule is NCCNC(=O)c1c(NC(=O)c2cccnc2)sc2c1CCCC2. The first-order valence-corrected chi connectivity index (χ1v) is 8.86. The van der Waals surface area contributed by atoms with Crippen molar-refractivity contribution in [2.45, 2.75) is 25.7 Å². The number of hydrogen-bond donors (Lipinski definition) is 3. The third kappa shape index (κ3) is 3.47. The van der Waals surface area contributed by atoms with E-state index in [2.05, 4.69) is 15.6 Å². The quantitative estimate of drug-likeness (QED) is 0.772. The summed E-state index contributed by atoms with van der Waals surface area (Å²) in [6.07, 6.45) is 7.15. The first-order valence-electron chi connectivity index (χ1n) is 8.05. The van der Waals surface area contributed by atoms with E-state index in [4.69, 9.17) is 5.73 Å². The molecule has 24 heavy (non-hydrogen) atoms. The molecule has 3 rings (SSSR count). The zero-order valence-corrected chi connectivity index (χ0v) is 14.1. The summed E-state index contributed by atoms with van der Waals surface area (Å²) >= 11 is 1.50. The minimum Gasteiger partial charge on any atom is -0.351 e. The number of aromatic nitrogens is 1. The van der Waals surface area contributed by atoms with E-state index in [0.717, 1.165) is 31.2 Å². The molecule has 1 aliphatic rings. The molecule has 0 radical (unpaired) electrons. The van der Waals surface area contributed by atoms with Crippen LogP contribution in [-0.4, -0.2) is 29.9 Å². The first kappa shape index (κ1) is 16.6. The van der Waals surface area contributed by atoms with Crippen molar-refractivity contribution in [1.29, 1.82) is 0 Å². The van der Waals surface area contributed by atoms with Crippen LogP contribution < -0.4 is 16.4 Å². The van der Waals surface area contributed by atoms with Crippen LogP contribution in [0.25, 0.3) is 0 Å². The third-order valence-electron chi connectivity index (χ3n) is 3.98. The summed E-state index contributed by atoms with van der Waals surface area (Å²) in [5, 5.41) is 6.32. The lowest BCUT2D eigenvalue weighted by atomic mass is 9.95. The van der Waals surface area contributed by atoms with Gasteiger partial charge in [0.05, 0.1) is 11.1 Å². The zero-order valence-electron chi connectivity index (χ0n) is 13.3. The minimum absolute atomic E-state index is 0.165. The first-order chi connectivity index (χ1) is 11.7. The predicted octanol–water partition coefficient (Wildman–Crippen LogP) is 1.96. The Balaban J connectivity index is 1.90. The fourth-order valence-corrected chi connectivity index (χ4v) is 4.12. The average molecular weight is 344 g/mol. The van der Waals surface area contributed by atoms with Crippen LogP contribution in [-0.2, 0) is 12.8 Å². The standard InChI is InChI=1S/C17H20N4O2S/c18-7-9-20-16(23)14-12-5-1-2-6-13(12)24-17(14)21-15(22)11-4-3-8-19-10-11/h3-4,8,10H,1-2,5-7,9,18H2,(H,20,23)(H,21,22). The number of amides is 2. The van der Waals surface area contributed by atoms with Crippen LogP contribution >= 0.6 is 11.3 Å². The smallest absolute Gasteiger partial charge is 0.257 e. The van der Waals surface area contributed by atoms with Gasteiger partial charge in [0, 0.05) is 30.4 Å². The van der Waals surface area contributed by atoms with Crippen LogP contribution in [0.3, 0.4) is 0 Å². The highest BCUT2D eigenvalue weighted by molar-refractivity contribution is 7.17. The van der Waals surface area contributed by atoms with Crippen molar-refractivity contribution in [3.63, 3.8) is 0 Å². The van der Waals surface area contributed by atoms with Crippen molar-refractivity contribution in [3.05, 3.63) is 46.1 Å². The summed E-state index contributed by atoms with van der Waals surface area (Å²) in [6, 6.07) is 3.41. The summed E-state index contributed by atoms with van der Waals surface area (Å²) in [4.78, 5) is 30.1. The molecule has 2 amide bonds. The molecule has 0 atom stereocenters. The lowest BCUT2D eigenvalue weighted by molar-refractivity contribution is 0.0955. The number of carbonyl (C=O) groups excluding carboxylic acids is 2. The third-order valence-corrected chi connectivity index (χ3v) is 5.19. The fourth-order valence-electron chi connectivity index (χ4n) is 2.84. The number of carbonyl (C=O) groups is 2. The van der Waals surface area contributed by atoms with Gasteiger partial charge in [0.15, 0.2) is 0 Å². The second kappa shape index (κ2) is 7.55. The van der Waals surface area contributed by atoms with E-state index < -0.39 is 0 Å². The average Bonchev–Trinajstić information content (AvgIpc) is 2.98. The Kier molecular flexibility index (Phi) is 5.22. The number of nitrogens with zero attached hydrogens (tertiary/aromatic N) is 1. The molecule has 0 saturated carbocycles. The molecule has 4 N–H and O–H groups in total. The van der Waals surface area contributed by atoms with Crippen molar-refractivity contribution < 1.29 is 9.59 Å². The van der Waals surface area contributed by atoms with Gasteiger partial charge in [-0.15, -0.1) is 11.3 Å². The molecule has 0 saturated heterocycles.